The Bertz CT molecular complexity index is 312. The number of aliphatic hydroxyl groups excluding tert-OH is 1. The zero-order chi connectivity index (χ0) is 10.7. The molecule has 2 rings (SSSR count). The summed E-state index contributed by atoms with van der Waals surface area (Å²) in [5.74, 6) is 0.662. The van der Waals surface area contributed by atoms with Crippen LogP contribution >= 0.6 is 0 Å². The van der Waals surface area contributed by atoms with Crippen LogP contribution < -0.4 is 10.5 Å². The van der Waals surface area contributed by atoms with E-state index < -0.39 is 12.4 Å². The maximum atomic E-state index is 9.61. The molecule has 4 nitrogen and oxygen atoms in total. The molecule has 0 bridgehead atoms. The van der Waals surface area contributed by atoms with E-state index in [9.17, 15) is 5.11 Å². The number of nitrogens with two attached hydrogens (primary N) is 1. The molecule has 1 aliphatic heterocycles. The van der Waals surface area contributed by atoms with Crippen molar-refractivity contribution in [3.8, 4) is 5.75 Å². The minimum Gasteiger partial charge on any atom is -0.462 e. The molecular formula is C11H15NO3. The summed E-state index contributed by atoms with van der Waals surface area (Å²) in [4.78, 5) is 0. The van der Waals surface area contributed by atoms with Crippen molar-refractivity contribution in [2.45, 2.75) is 25.2 Å². The van der Waals surface area contributed by atoms with Crippen LogP contribution in [-0.2, 0) is 4.74 Å². The van der Waals surface area contributed by atoms with Crippen LogP contribution in [0.25, 0.3) is 0 Å². The van der Waals surface area contributed by atoms with Crippen LogP contribution in [0.5, 0.6) is 5.75 Å². The van der Waals surface area contributed by atoms with Gasteiger partial charge in [0.2, 0.25) is 6.29 Å². The molecule has 1 aromatic carbocycles. The van der Waals surface area contributed by atoms with Gasteiger partial charge in [0.15, 0.2) is 0 Å². The van der Waals surface area contributed by atoms with E-state index in [1.807, 2.05) is 0 Å². The molecule has 82 valence electrons. The Morgan fingerprint density at radius 2 is 2.07 bits per heavy atom. The van der Waals surface area contributed by atoms with Crippen molar-refractivity contribution in [3.05, 3.63) is 24.3 Å². The number of nitrogen functional groups attached to an aromatic ring is 1. The number of rotatable bonds is 2. The van der Waals surface area contributed by atoms with Crippen molar-refractivity contribution in [1.82, 2.24) is 0 Å². The van der Waals surface area contributed by atoms with Gasteiger partial charge in [-0.3, -0.25) is 0 Å². The number of benzene rings is 1. The fourth-order valence-corrected chi connectivity index (χ4v) is 1.53. The van der Waals surface area contributed by atoms with E-state index in [4.69, 9.17) is 15.2 Å². The molecule has 1 unspecified atom stereocenters. The monoisotopic (exact) mass is 209 g/mol. The van der Waals surface area contributed by atoms with Crippen molar-refractivity contribution in [3.63, 3.8) is 0 Å². The van der Waals surface area contributed by atoms with Gasteiger partial charge in [-0.25, -0.2) is 0 Å². The van der Waals surface area contributed by atoms with Gasteiger partial charge in [-0.15, -0.1) is 0 Å². The van der Waals surface area contributed by atoms with Crippen molar-refractivity contribution in [2.24, 2.45) is 0 Å². The van der Waals surface area contributed by atoms with Crippen molar-refractivity contribution in [1.29, 1.82) is 0 Å². The average molecular weight is 209 g/mol. The second-order valence-electron chi connectivity index (χ2n) is 3.64. The van der Waals surface area contributed by atoms with E-state index in [0.717, 1.165) is 12.8 Å². The van der Waals surface area contributed by atoms with Crippen LogP contribution in [0.1, 0.15) is 12.8 Å². The van der Waals surface area contributed by atoms with Gasteiger partial charge in [0.05, 0.1) is 6.61 Å². The van der Waals surface area contributed by atoms with Crippen molar-refractivity contribution >= 4 is 5.69 Å². The lowest BCUT2D eigenvalue weighted by atomic mass is 10.1. The van der Waals surface area contributed by atoms with Crippen LogP contribution in [0, 0.1) is 0 Å². The lowest BCUT2D eigenvalue weighted by Gasteiger charge is -2.28. The molecule has 1 aromatic rings. The number of anilines is 1. The Kier molecular flexibility index (Phi) is 3.08. The lowest BCUT2D eigenvalue weighted by Crippen LogP contribution is -2.38. The first kappa shape index (κ1) is 10.3. The Labute approximate surface area is 88.6 Å². The SMILES string of the molecule is Nc1ccc(OC2OCCC[C@@H]2O)cc1. The Morgan fingerprint density at radius 3 is 2.73 bits per heavy atom. The van der Waals surface area contributed by atoms with E-state index in [-0.39, 0.29) is 0 Å². The largest absolute Gasteiger partial charge is 0.462 e. The summed E-state index contributed by atoms with van der Waals surface area (Å²) in [6.07, 6.45) is 0.501. The minimum atomic E-state index is -0.553. The topological polar surface area (TPSA) is 64.7 Å². The minimum absolute atomic E-state index is 0.545. The van der Waals surface area contributed by atoms with Crippen LogP contribution in [0.2, 0.25) is 0 Å². The van der Waals surface area contributed by atoms with E-state index >= 15 is 0 Å². The van der Waals surface area contributed by atoms with E-state index in [1.54, 1.807) is 24.3 Å². The third-order valence-electron chi connectivity index (χ3n) is 2.37. The summed E-state index contributed by atoms with van der Waals surface area (Å²) >= 11 is 0. The molecule has 1 fully saturated rings. The molecule has 0 spiro atoms. The smallest absolute Gasteiger partial charge is 0.226 e. The van der Waals surface area contributed by atoms with Gasteiger partial charge in [0, 0.05) is 5.69 Å². The van der Waals surface area contributed by atoms with Gasteiger partial charge >= 0.3 is 0 Å². The molecule has 1 heterocycles. The molecule has 15 heavy (non-hydrogen) atoms. The maximum Gasteiger partial charge on any atom is 0.226 e. The summed E-state index contributed by atoms with van der Waals surface area (Å²) in [5, 5.41) is 9.61. The molecule has 0 aliphatic carbocycles. The summed E-state index contributed by atoms with van der Waals surface area (Å²) in [7, 11) is 0. The van der Waals surface area contributed by atoms with E-state index in [2.05, 4.69) is 0 Å². The van der Waals surface area contributed by atoms with E-state index in [1.165, 1.54) is 0 Å². The highest BCUT2D eigenvalue weighted by Gasteiger charge is 2.25. The molecule has 1 aliphatic rings. The van der Waals surface area contributed by atoms with Crippen LogP contribution in [0.15, 0.2) is 24.3 Å². The van der Waals surface area contributed by atoms with Crippen LogP contribution in [-0.4, -0.2) is 24.1 Å². The first-order valence-corrected chi connectivity index (χ1v) is 5.07. The fraction of sp³-hybridized carbons (Fsp3) is 0.455. The summed E-state index contributed by atoms with van der Waals surface area (Å²) < 4.78 is 10.8. The van der Waals surface area contributed by atoms with Gasteiger partial charge in [0.25, 0.3) is 0 Å². The van der Waals surface area contributed by atoms with Gasteiger partial charge in [-0.05, 0) is 37.1 Å². The van der Waals surface area contributed by atoms with E-state index in [0.29, 0.717) is 18.0 Å². The molecular weight excluding hydrogens is 194 g/mol. The summed E-state index contributed by atoms with van der Waals surface area (Å²) in [5.41, 5.74) is 6.24. The quantitative estimate of drug-likeness (QED) is 0.717. The van der Waals surface area contributed by atoms with Crippen molar-refractivity contribution < 1.29 is 14.6 Å². The molecule has 0 amide bonds. The number of hydrogen-bond donors (Lipinski definition) is 2. The molecule has 0 aromatic heterocycles. The van der Waals surface area contributed by atoms with Crippen LogP contribution in [0.3, 0.4) is 0 Å². The van der Waals surface area contributed by atoms with Crippen molar-refractivity contribution in [2.75, 3.05) is 12.3 Å². The zero-order valence-electron chi connectivity index (χ0n) is 8.43. The molecule has 4 heteroatoms. The van der Waals surface area contributed by atoms with Gasteiger partial charge < -0.3 is 20.3 Å². The maximum absolute atomic E-state index is 9.61. The highest BCUT2D eigenvalue weighted by atomic mass is 16.7. The van der Waals surface area contributed by atoms with Gasteiger partial charge in [-0.1, -0.05) is 0 Å². The second-order valence-corrected chi connectivity index (χ2v) is 3.64. The third-order valence-corrected chi connectivity index (χ3v) is 2.37. The predicted octanol–water partition coefficient (Wildman–Crippen LogP) is 1.15. The fourth-order valence-electron chi connectivity index (χ4n) is 1.53. The van der Waals surface area contributed by atoms with Gasteiger partial charge in [0.1, 0.15) is 11.9 Å². The summed E-state index contributed by atoms with van der Waals surface area (Å²) in [6.45, 7) is 0.636. The normalized spacial score (nSPS) is 26.2. The molecule has 0 saturated carbocycles. The average Bonchev–Trinajstić information content (AvgIpc) is 2.25. The molecule has 0 radical (unpaired) electrons. The lowest BCUT2D eigenvalue weighted by molar-refractivity contribution is -0.170. The molecule has 2 atom stereocenters. The first-order chi connectivity index (χ1) is 7.25. The Balaban J connectivity index is 1.98. The first-order valence-electron chi connectivity index (χ1n) is 5.07. The predicted molar refractivity (Wildman–Crippen MR) is 56.5 cm³/mol. The number of aliphatic hydroxyl groups is 1. The standard InChI is InChI=1S/C11H15NO3/c12-8-3-5-9(6-4-8)15-11-10(13)2-1-7-14-11/h3-6,10-11,13H,1-2,7,12H2/t10-,11?/m0/s1. The third kappa shape index (κ3) is 2.61. The second kappa shape index (κ2) is 4.51. The highest BCUT2D eigenvalue weighted by molar-refractivity contribution is 5.41. The number of hydrogen-bond acceptors (Lipinski definition) is 4. The highest BCUT2D eigenvalue weighted by Crippen LogP contribution is 2.20. The summed E-state index contributed by atoms with van der Waals surface area (Å²) in [6, 6.07) is 7.04. The Hall–Kier alpha value is -1.26. The zero-order valence-corrected chi connectivity index (χ0v) is 8.43. The Morgan fingerprint density at radius 1 is 1.33 bits per heavy atom. The molecule has 3 N–H and O–H groups in total. The number of ether oxygens (including phenoxy) is 2. The molecule has 1 saturated heterocycles. The van der Waals surface area contributed by atoms with Gasteiger partial charge in [-0.2, -0.15) is 0 Å². The van der Waals surface area contributed by atoms with Crippen LogP contribution in [0.4, 0.5) is 5.69 Å².